The molecule has 0 atom stereocenters. The van der Waals surface area contributed by atoms with E-state index in [1.165, 1.54) is 0 Å². The van der Waals surface area contributed by atoms with Crippen LogP contribution >= 0.6 is 0 Å². The highest BCUT2D eigenvalue weighted by molar-refractivity contribution is 6.04. The number of carbonyl (C=O) groups excluding carboxylic acids is 1. The minimum absolute atomic E-state index is 0.203. The van der Waals surface area contributed by atoms with Crippen LogP contribution in [-0.4, -0.2) is 25.7 Å². The lowest BCUT2D eigenvalue weighted by molar-refractivity contribution is 0.102. The lowest BCUT2D eigenvalue weighted by Crippen LogP contribution is -2.13. The Hall–Kier alpha value is -2.24. The fourth-order valence-electron chi connectivity index (χ4n) is 2.00. The molecule has 3 rings (SSSR count). The van der Waals surface area contributed by atoms with Crippen molar-refractivity contribution >= 4 is 11.6 Å². The normalized spacial score (nSPS) is 14.3. The Labute approximate surface area is 117 Å². The van der Waals surface area contributed by atoms with E-state index in [9.17, 15) is 4.79 Å². The summed E-state index contributed by atoms with van der Waals surface area (Å²) in [4.78, 5) is 20.6. The highest BCUT2D eigenvalue weighted by atomic mass is 16.1. The molecule has 0 aliphatic heterocycles. The Balaban J connectivity index is 1.72. The quantitative estimate of drug-likeness (QED) is 0.924. The van der Waals surface area contributed by atoms with Crippen LogP contribution in [0.25, 0.3) is 0 Å². The third kappa shape index (κ3) is 2.54. The van der Waals surface area contributed by atoms with Gasteiger partial charge in [-0.1, -0.05) is 0 Å². The van der Waals surface area contributed by atoms with E-state index in [-0.39, 0.29) is 5.91 Å². The minimum Gasteiger partial charge on any atom is -0.319 e. The van der Waals surface area contributed by atoms with Gasteiger partial charge in [0.05, 0.1) is 16.9 Å². The largest absolute Gasteiger partial charge is 0.319 e. The monoisotopic (exact) mass is 271 g/mol. The van der Waals surface area contributed by atoms with Crippen molar-refractivity contribution in [1.29, 1.82) is 0 Å². The van der Waals surface area contributed by atoms with Crippen molar-refractivity contribution in [2.75, 3.05) is 5.32 Å². The molecule has 2 aromatic heterocycles. The molecule has 1 aliphatic rings. The van der Waals surface area contributed by atoms with Crippen LogP contribution in [0.5, 0.6) is 0 Å². The molecule has 1 saturated carbocycles. The maximum atomic E-state index is 12.1. The van der Waals surface area contributed by atoms with E-state index < -0.39 is 0 Å². The van der Waals surface area contributed by atoms with E-state index in [2.05, 4.69) is 20.4 Å². The first-order valence-electron chi connectivity index (χ1n) is 6.84. The van der Waals surface area contributed by atoms with Crippen molar-refractivity contribution in [2.24, 2.45) is 0 Å². The summed E-state index contributed by atoms with van der Waals surface area (Å²) in [5, 5.41) is 7.14. The maximum absolute atomic E-state index is 12.1. The number of hydrogen-bond donors (Lipinski definition) is 1. The molecule has 104 valence electrons. The van der Waals surface area contributed by atoms with Gasteiger partial charge in [0.25, 0.3) is 5.91 Å². The van der Waals surface area contributed by atoms with Crippen molar-refractivity contribution < 1.29 is 4.79 Å². The Morgan fingerprint density at radius 2 is 2.10 bits per heavy atom. The van der Waals surface area contributed by atoms with Crippen LogP contribution in [0.2, 0.25) is 0 Å². The van der Waals surface area contributed by atoms with Crippen molar-refractivity contribution in [3.63, 3.8) is 0 Å². The molecule has 6 heteroatoms. The van der Waals surface area contributed by atoms with E-state index in [0.29, 0.717) is 11.5 Å². The van der Waals surface area contributed by atoms with Crippen molar-refractivity contribution in [1.82, 2.24) is 19.7 Å². The van der Waals surface area contributed by atoms with Crippen molar-refractivity contribution in [3.05, 3.63) is 35.7 Å². The number of nitrogens with one attached hydrogen (secondary N) is 1. The second kappa shape index (κ2) is 5.03. The predicted octanol–water partition coefficient (Wildman–Crippen LogP) is 2.13. The zero-order valence-corrected chi connectivity index (χ0v) is 11.6. The molecular formula is C14H17N5O. The van der Waals surface area contributed by atoms with Gasteiger partial charge in [-0.05, 0) is 26.7 Å². The summed E-state index contributed by atoms with van der Waals surface area (Å²) in [6.07, 6.45) is 7.32. The summed E-state index contributed by atoms with van der Waals surface area (Å²) in [6, 6.07) is 0. The Morgan fingerprint density at radius 1 is 1.40 bits per heavy atom. The topological polar surface area (TPSA) is 72.7 Å². The number of amides is 1. The lowest BCUT2D eigenvalue weighted by Gasteiger charge is -2.03. The first-order valence-corrected chi connectivity index (χ1v) is 6.84. The lowest BCUT2D eigenvalue weighted by atomic mass is 10.3. The van der Waals surface area contributed by atoms with Gasteiger partial charge in [-0.2, -0.15) is 5.10 Å². The van der Waals surface area contributed by atoms with Gasteiger partial charge in [0, 0.05) is 31.1 Å². The second-order valence-corrected chi connectivity index (χ2v) is 5.04. The third-order valence-corrected chi connectivity index (χ3v) is 3.40. The van der Waals surface area contributed by atoms with Gasteiger partial charge in [-0.25, -0.2) is 9.97 Å². The average molecular weight is 271 g/mol. The van der Waals surface area contributed by atoms with Gasteiger partial charge in [0.1, 0.15) is 5.82 Å². The second-order valence-electron chi connectivity index (χ2n) is 5.04. The molecule has 1 N–H and O–H groups in total. The van der Waals surface area contributed by atoms with Gasteiger partial charge < -0.3 is 5.32 Å². The van der Waals surface area contributed by atoms with Crippen molar-refractivity contribution in [2.45, 2.75) is 39.2 Å². The van der Waals surface area contributed by atoms with Crippen LogP contribution in [0.1, 0.15) is 47.6 Å². The first kappa shape index (κ1) is 12.8. The van der Waals surface area contributed by atoms with E-state index in [1.807, 2.05) is 20.0 Å². The molecule has 1 fully saturated rings. The summed E-state index contributed by atoms with van der Waals surface area (Å²) in [5.74, 6) is 1.14. The Kier molecular flexibility index (Phi) is 3.22. The van der Waals surface area contributed by atoms with Gasteiger partial charge >= 0.3 is 0 Å². The highest BCUT2D eigenvalue weighted by Gasteiger charge is 2.26. The predicted molar refractivity (Wildman–Crippen MR) is 74.6 cm³/mol. The maximum Gasteiger partial charge on any atom is 0.258 e. The smallest absolute Gasteiger partial charge is 0.258 e. The fourth-order valence-corrected chi connectivity index (χ4v) is 2.00. The first-order chi connectivity index (χ1) is 9.67. The fraction of sp³-hybridized carbons (Fsp3) is 0.429. The molecule has 1 aliphatic carbocycles. The molecule has 20 heavy (non-hydrogen) atoms. The van der Waals surface area contributed by atoms with Gasteiger partial charge in [-0.15, -0.1) is 0 Å². The number of anilines is 1. The summed E-state index contributed by atoms with van der Waals surface area (Å²) in [6.45, 7) is 4.65. The van der Waals surface area contributed by atoms with Gasteiger partial charge in [-0.3, -0.25) is 9.48 Å². The minimum atomic E-state index is -0.203. The molecule has 1 amide bonds. The number of nitrogens with zero attached hydrogens (tertiary/aromatic N) is 4. The third-order valence-electron chi connectivity index (χ3n) is 3.40. The molecule has 0 radical (unpaired) electrons. The molecule has 0 spiro atoms. The van der Waals surface area contributed by atoms with Crippen molar-refractivity contribution in [3.8, 4) is 0 Å². The SMILES string of the molecule is CCn1cc(NC(=O)c2cnc(C3CC3)nc2)c(C)n1. The van der Waals surface area contributed by atoms with Gasteiger partial charge in [0.2, 0.25) is 0 Å². The van der Waals surface area contributed by atoms with Crippen LogP contribution in [0.4, 0.5) is 5.69 Å². The van der Waals surface area contributed by atoms with Crippen LogP contribution in [0.3, 0.4) is 0 Å². The standard InChI is InChI=1S/C14H17N5O/c1-3-19-8-12(9(2)18-19)17-14(20)11-6-15-13(16-7-11)10-4-5-10/h6-8,10H,3-5H2,1-2H3,(H,17,20). The van der Waals surface area contributed by atoms with E-state index in [4.69, 9.17) is 0 Å². The molecule has 0 unspecified atom stereocenters. The van der Waals surface area contributed by atoms with Crippen LogP contribution in [-0.2, 0) is 6.54 Å². The molecule has 0 aromatic carbocycles. The number of rotatable bonds is 4. The Bertz CT molecular complexity index is 628. The number of aryl methyl sites for hydroxylation is 2. The molecular weight excluding hydrogens is 254 g/mol. The summed E-state index contributed by atoms with van der Waals surface area (Å²) in [7, 11) is 0. The average Bonchev–Trinajstić information content (AvgIpc) is 3.25. The van der Waals surface area contributed by atoms with Crippen LogP contribution in [0.15, 0.2) is 18.6 Å². The number of aromatic nitrogens is 4. The summed E-state index contributed by atoms with van der Waals surface area (Å²) >= 11 is 0. The number of hydrogen-bond acceptors (Lipinski definition) is 4. The summed E-state index contributed by atoms with van der Waals surface area (Å²) < 4.78 is 1.79. The molecule has 2 heterocycles. The zero-order valence-electron chi connectivity index (χ0n) is 11.6. The highest BCUT2D eigenvalue weighted by Crippen LogP contribution is 2.37. The molecule has 6 nitrogen and oxygen atoms in total. The van der Waals surface area contributed by atoms with E-state index in [0.717, 1.165) is 36.6 Å². The van der Waals surface area contributed by atoms with E-state index in [1.54, 1.807) is 17.1 Å². The van der Waals surface area contributed by atoms with Crippen LogP contribution < -0.4 is 5.32 Å². The number of carbonyl (C=O) groups is 1. The molecule has 0 saturated heterocycles. The van der Waals surface area contributed by atoms with E-state index >= 15 is 0 Å². The Morgan fingerprint density at radius 3 is 2.65 bits per heavy atom. The van der Waals surface area contributed by atoms with Gasteiger partial charge in [0.15, 0.2) is 0 Å². The molecule has 2 aromatic rings. The summed E-state index contributed by atoms with van der Waals surface area (Å²) in [5.41, 5.74) is 2.00. The molecule has 0 bridgehead atoms. The zero-order chi connectivity index (χ0) is 14.1. The van der Waals surface area contributed by atoms with Crippen LogP contribution in [0, 0.1) is 6.92 Å².